The summed E-state index contributed by atoms with van der Waals surface area (Å²) in [7, 11) is 0. The van der Waals surface area contributed by atoms with Crippen molar-refractivity contribution in [2.75, 3.05) is 6.61 Å². The minimum Gasteiger partial charge on any atom is -0.452 e. The number of amides is 1. The zero-order chi connectivity index (χ0) is 19.3. The predicted molar refractivity (Wildman–Crippen MR) is 94.0 cm³/mol. The van der Waals surface area contributed by atoms with Crippen LogP contribution in [0.2, 0.25) is 5.02 Å². The van der Waals surface area contributed by atoms with Gasteiger partial charge < -0.3 is 10.1 Å². The van der Waals surface area contributed by atoms with Crippen LogP contribution in [0.4, 0.5) is 8.78 Å². The van der Waals surface area contributed by atoms with E-state index in [1.165, 1.54) is 0 Å². The number of hydrogen-bond donors (Lipinski definition) is 1. The Bertz CT molecular complexity index is 809. The lowest BCUT2D eigenvalue weighted by Gasteiger charge is -2.17. The summed E-state index contributed by atoms with van der Waals surface area (Å²) in [6, 6.07) is 8.80. The molecule has 0 saturated heterocycles. The number of halogens is 3. The average molecular weight is 382 g/mol. The number of rotatable bonds is 6. The van der Waals surface area contributed by atoms with E-state index in [2.05, 4.69) is 5.32 Å². The summed E-state index contributed by atoms with van der Waals surface area (Å²) in [6.45, 7) is 3.32. The molecule has 138 valence electrons. The second-order valence-corrected chi connectivity index (χ2v) is 6.17. The van der Waals surface area contributed by atoms with Crippen LogP contribution in [0.25, 0.3) is 0 Å². The Balaban J connectivity index is 1.96. The molecular formula is C19H18ClF2NO3. The number of carbonyl (C=O) groups is 2. The van der Waals surface area contributed by atoms with Crippen molar-refractivity contribution in [3.05, 3.63) is 69.7 Å². The first kappa shape index (κ1) is 19.8. The van der Waals surface area contributed by atoms with Crippen LogP contribution >= 0.6 is 11.6 Å². The summed E-state index contributed by atoms with van der Waals surface area (Å²) in [5.41, 5.74) is 1.69. The second-order valence-electron chi connectivity index (χ2n) is 5.76. The van der Waals surface area contributed by atoms with E-state index in [-0.39, 0.29) is 16.6 Å². The number of hydrogen-bond acceptors (Lipinski definition) is 3. The molecule has 7 heteroatoms. The molecule has 0 unspecified atom stereocenters. The molecule has 2 aromatic carbocycles. The normalized spacial score (nSPS) is 11.7. The van der Waals surface area contributed by atoms with Gasteiger partial charge in [-0.25, -0.2) is 13.6 Å². The van der Waals surface area contributed by atoms with E-state index < -0.39 is 30.1 Å². The first-order valence-electron chi connectivity index (χ1n) is 7.99. The number of carbonyl (C=O) groups excluding carboxylic acids is 2. The van der Waals surface area contributed by atoms with E-state index in [1.807, 2.05) is 38.1 Å². The number of benzene rings is 2. The van der Waals surface area contributed by atoms with E-state index in [9.17, 15) is 18.4 Å². The molecule has 0 heterocycles. The predicted octanol–water partition coefficient (Wildman–Crippen LogP) is 4.35. The third kappa shape index (κ3) is 5.02. The molecule has 0 aliphatic carbocycles. The van der Waals surface area contributed by atoms with Gasteiger partial charge in [0.1, 0.15) is 0 Å². The smallest absolute Gasteiger partial charge is 0.340 e. The Kier molecular flexibility index (Phi) is 6.69. The molecule has 0 radical (unpaired) electrons. The summed E-state index contributed by atoms with van der Waals surface area (Å²) in [4.78, 5) is 24.0. The van der Waals surface area contributed by atoms with Crippen LogP contribution in [0.1, 0.15) is 40.9 Å². The maximum atomic E-state index is 13.2. The molecule has 2 rings (SSSR count). The van der Waals surface area contributed by atoms with Gasteiger partial charge in [-0.1, -0.05) is 48.4 Å². The molecule has 0 aromatic heterocycles. The molecule has 1 N–H and O–H groups in total. The lowest BCUT2D eigenvalue weighted by molar-refractivity contribution is -0.125. The Morgan fingerprint density at radius 3 is 2.38 bits per heavy atom. The molecule has 2 aromatic rings. The third-order valence-electron chi connectivity index (χ3n) is 3.79. The fourth-order valence-corrected chi connectivity index (χ4v) is 2.57. The van der Waals surface area contributed by atoms with Gasteiger partial charge in [-0.05, 0) is 31.0 Å². The van der Waals surface area contributed by atoms with Crippen LogP contribution in [-0.2, 0) is 9.53 Å². The van der Waals surface area contributed by atoms with Gasteiger partial charge in [-0.2, -0.15) is 0 Å². The zero-order valence-corrected chi connectivity index (χ0v) is 15.1. The van der Waals surface area contributed by atoms with Crippen molar-refractivity contribution in [3.8, 4) is 0 Å². The van der Waals surface area contributed by atoms with Gasteiger partial charge >= 0.3 is 5.97 Å². The number of ether oxygens (including phenoxy) is 1. The van der Waals surface area contributed by atoms with E-state index >= 15 is 0 Å². The van der Waals surface area contributed by atoms with Crippen LogP contribution in [0.3, 0.4) is 0 Å². The molecule has 0 spiro atoms. The molecule has 0 aliphatic heterocycles. The first-order valence-corrected chi connectivity index (χ1v) is 8.37. The molecular weight excluding hydrogens is 364 g/mol. The summed E-state index contributed by atoms with van der Waals surface area (Å²) in [5, 5.41) is 2.47. The molecule has 1 amide bonds. The molecule has 0 saturated carbocycles. The quantitative estimate of drug-likeness (QED) is 0.597. The fraction of sp³-hybridized carbons (Fsp3) is 0.263. The van der Waals surface area contributed by atoms with Gasteiger partial charge in [0.15, 0.2) is 18.2 Å². The van der Waals surface area contributed by atoms with Gasteiger partial charge in [-0.15, -0.1) is 0 Å². The average Bonchev–Trinajstić information content (AvgIpc) is 2.61. The van der Waals surface area contributed by atoms with Crippen molar-refractivity contribution in [3.63, 3.8) is 0 Å². The number of nitrogens with one attached hydrogen (secondary N) is 1. The molecule has 1 atom stereocenters. The first-order chi connectivity index (χ1) is 12.3. The Morgan fingerprint density at radius 1 is 1.15 bits per heavy atom. The van der Waals surface area contributed by atoms with E-state index in [0.717, 1.165) is 11.1 Å². The van der Waals surface area contributed by atoms with Crippen molar-refractivity contribution in [1.82, 2.24) is 5.32 Å². The van der Waals surface area contributed by atoms with Gasteiger partial charge in [0, 0.05) is 0 Å². The van der Waals surface area contributed by atoms with E-state index in [0.29, 0.717) is 18.6 Å². The second kappa shape index (κ2) is 8.76. The monoisotopic (exact) mass is 381 g/mol. The van der Waals surface area contributed by atoms with Crippen molar-refractivity contribution in [1.29, 1.82) is 0 Å². The largest absolute Gasteiger partial charge is 0.452 e. The van der Waals surface area contributed by atoms with Crippen LogP contribution in [0.5, 0.6) is 0 Å². The highest BCUT2D eigenvalue weighted by atomic mass is 35.5. The highest BCUT2D eigenvalue weighted by molar-refractivity contribution is 6.33. The molecule has 26 heavy (non-hydrogen) atoms. The minimum atomic E-state index is -1.23. The van der Waals surface area contributed by atoms with E-state index in [1.54, 1.807) is 0 Å². The standard InChI is InChI=1S/C19H18ClF2NO3/c1-3-17(12-6-4-11(2)5-7-12)23-18(24)10-26-19(25)13-8-15(21)16(22)9-14(13)20/h4-9,17H,3,10H2,1-2H3,(H,23,24)/t17-/m1/s1. The van der Waals surface area contributed by atoms with Gasteiger partial charge in [0.2, 0.25) is 0 Å². The molecule has 0 fully saturated rings. The van der Waals surface area contributed by atoms with Gasteiger partial charge in [-0.3, -0.25) is 4.79 Å². The lowest BCUT2D eigenvalue weighted by Crippen LogP contribution is -2.32. The summed E-state index contributed by atoms with van der Waals surface area (Å²) in [6.07, 6.45) is 0.651. The van der Waals surface area contributed by atoms with Crippen LogP contribution in [-0.4, -0.2) is 18.5 Å². The molecule has 0 bridgehead atoms. The topological polar surface area (TPSA) is 55.4 Å². The molecule has 4 nitrogen and oxygen atoms in total. The lowest BCUT2D eigenvalue weighted by atomic mass is 10.0. The van der Waals surface area contributed by atoms with Crippen LogP contribution < -0.4 is 5.32 Å². The summed E-state index contributed by atoms with van der Waals surface area (Å²) >= 11 is 5.70. The number of esters is 1. The van der Waals surface area contributed by atoms with Crippen molar-refractivity contribution < 1.29 is 23.1 Å². The molecule has 0 aliphatic rings. The Hall–Kier alpha value is -2.47. The third-order valence-corrected chi connectivity index (χ3v) is 4.10. The minimum absolute atomic E-state index is 0.228. The van der Waals surface area contributed by atoms with Crippen molar-refractivity contribution in [2.24, 2.45) is 0 Å². The Morgan fingerprint density at radius 2 is 1.77 bits per heavy atom. The maximum Gasteiger partial charge on any atom is 0.340 e. The van der Waals surface area contributed by atoms with Crippen molar-refractivity contribution >= 4 is 23.5 Å². The zero-order valence-electron chi connectivity index (χ0n) is 14.3. The fourth-order valence-electron chi connectivity index (χ4n) is 2.34. The highest BCUT2D eigenvalue weighted by Crippen LogP contribution is 2.21. The van der Waals surface area contributed by atoms with E-state index in [4.69, 9.17) is 16.3 Å². The SMILES string of the molecule is CC[C@@H](NC(=O)COC(=O)c1cc(F)c(F)cc1Cl)c1ccc(C)cc1. The summed E-state index contributed by atoms with van der Waals surface area (Å²) < 4.78 is 31.1. The van der Waals surface area contributed by atoms with Crippen LogP contribution in [0, 0.1) is 18.6 Å². The maximum absolute atomic E-state index is 13.2. The van der Waals surface area contributed by atoms with Gasteiger partial charge in [0.25, 0.3) is 5.91 Å². The van der Waals surface area contributed by atoms with Crippen LogP contribution in [0.15, 0.2) is 36.4 Å². The summed E-state index contributed by atoms with van der Waals surface area (Å²) in [5.74, 6) is -3.92. The van der Waals surface area contributed by atoms with Gasteiger partial charge in [0.05, 0.1) is 16.6 Å². The van der Waals surface area contributed by atoms with Crippen molar-refractivity contribution in [2.45, 2.75) is 26.3 Å². The Labute approximate surface area is 155 Å². The highest BCUT2D eigenvalue weighted by Gasteiger charge is 2.19. The number of aryl methyl sites for hydroxylation is 1.